The minimum atomic E-state index is 0.575. The van der Waals surface area contributed by atoms with Gasteiger partial charge in [-0.05, 0) is 79.2 Å². The molecule has 0 spiro atoms. The van der Waals surface area contributed by atoms with E-state index in [0.29, 0.717) is 11.8 Å². The van der Waals surface area contributed by atoms with Crippen molar-refractivity contribution >= 4 is 21.7 Å². The third kappa shape index (κ3) is 3.10. The third-order valence-electron chi connectivity index (χ3n) is 7.99. The number of fused-ring (bicyclic) bond motifs is 3. The number of hydrogen-bond acceptors (Lipinski definition) is 1. The molecular weight excluding hydrogens is 402 g/mol. The van der Waals surface area contributed by atoms with Crippen molar-refractivity contribution in [3.63, 3.8) is 0 Å². The average molecular weight is 437 g/mol. The first-order chi connectivity index (χ1) is 15.9. The first-order valence-corrected chi connectivity index (χ1v) is 12.6. The van der Waals surface area contributed by atoms with Crippen LogP contribution >= 0.6 is 0 Å². The van der Waals surface area contributed by atoms with Crippen LogP contribution in [-0.4, -0.2) is 0 Å². The van der Waals surface area contributed by atoms with Crippen molar-refractivity contribution < 1.29 is 9.30 Å². The van der Waals surface area contributed by atoms with Crippen molar-refractivity contribution in [2.45, 2.75) is 65.7 Å². The van der Waals surface area contributed by atoms with E-state index in [9.17, 15) is 0 Å². The van der Waals surface area contributed by atoms with Crippen molar-refractivity contribution in [3.05, 3.63) is 64.7 Å². The van der Waals surface area contributed by atoms with Crippen LogP contribution in [0.3, 0.4) is 0 Å². The summed E-state index contributed by atoms with van der Waals surface area (Å²) in [6.07, 6.45) is 6.23. The number of aryl methyl sites for hydroxylation is 2. The Bertz CT molecular complexity index is 1420. The minimum absolute atomic E-state index is 0.575. The van der Waals surface area contributed by atoms with Crippen LogP contribution < -0.4 is 9.30 Å². The summed E-state index contributed by atoms with van der Waals surface area (Å²) >= 11 is 0. The van der Waals surface area contributed by atoms with E-state index in [4.69, 9.17) is 4.74 Å². The highest BCUT2D eigenvalue weighted by atomic mass is 16.5. The van der Waals surface area contributed by atoms with Gasteiger partial charge in [-0.1, -0.05) is 51.0 Å². The van der Waals surface area contributed by atoms with E-state index in [1.807, 2.05) is 0 Å². The van der Waals surface area contributed by atoms with E-state index in [0.717, 1.165) is 17.9 Å². The molecule has 0 unspecified atom stereocenters. The fourth-order valence-corrected chi connectivity index (χ4v) is 6.40. The summed E-state index contributed by atoms with van der Waals surface area (Å²) in [5.74, 6) is 3.34. The Morgan fingerprint density at radius 1 is 1.03 bits per heavy atom. The summed E-state index contributed by atoms with van der Waals surface area (Å²) in [5, 5.41) is 3.94. The van der Waals surface area contributed by atoms with Gasteiger partial charge in [0.05, 0.1) is 10.9 Å². The summed E-state index contributed by atoms with van der Waals surface area (Å²) in [6, 6.07) is 16.0. The van der Waals surface area contributed by atoms with Gasteiger partial charge in [0.2, 0.25) is 11.3 Å². The molecule has 33 heavy (non-hydrogen) atoms. The number of rotatable bonds is 3. The maximum atomic E-state index is 6.98. The molecule has 2 heteroatoms. The number of hydrogen-bond donors (Lipinski definition) is 0. The van der Waals surface area contributed by atoms with Crippen molar-refractivity contribution in [2.24, 2.45) is 13.0 Å². The second-order valence-corrected chi connectivity index (χ2v) is 10.7. The van der Waals surface area contributed by atoms with Gasteiger partial charge in [-0.15, -0.1) is 0 Å². The highest BCUT2D eigenvalue weighted by Crippen LogP contribution is 2.53. The van der Waals surface area contributed by atoms with Crippen molar-refractivity contribution in [3.8, 4) is 22.8 Å². The van der Waals surface area contributed by atoms with Gasteiger partial charge >= 0.3 is 0 Å². The zero-order chi connectivity index (χ0) is 22.9. The lowest BCUT2D eigenvalue weighted by atomic mass is 9.85. The van der Waals surface area contributed by atoms with Crippen LogP contribution in [0.1, 0.15) is 67.7 Å². The van der Waals surface area contributed by atoms with Gasteiger partial charge in [0.25, 0.3) is 5.69 Å². The molecule has 4 aromatic rings. The summed E-state index contributed by atoms with van der Waals surface area (Å²) < 4.78 is 9.36. The van der Waals surface area contributed by atoms with E-state index in [2.05, 4.69) is 81.8 Å². The lowest BCUT2D eigenvalue weighted by Gasteiger charge is -2.27. The second kappa shape index (κ2) is 7.58. The van der Waals surface area contributed by atoms with E-state index in [1.165, 1.54) is 80.9 Å². The van der Waals surface area contributed by atoms with E-state index in [-0.39, 0.29) is 0 Å². The fraction of sp³-hybridized carbons (Fsp3) is 0.387. The van der Waals surface area contributed by atoms with E-state index >= 15 is 0 Å². The predicted molar refractivity (Wildman–Crippen MR) is 137 cm³/mol. The summed E-state index contributed by atoms with van der Waals surface area (Å²) in [7, 11) is 2.22. The Hall–Kier alpha value is -2.87. The molecular formula is C31H34NO+. The quantitative estimate of drug-likeness (QED) is 0.261. The Balaban J connectivity index is 1.75. The minimum Gasteiger partial charge on any atom is -0.449 e. The van der Waals surface area contributed by atoms with Crippen LogP contribution in [-0.2, 0) is 13.5 Å². The normalized spacial score (nSPS) is 15.5. The number of para-hydroxylation sites is 1. The molecule has 2 nitrogen and oxygen atoms in total. The molecule has 168 valence electrons. The van der Waals surface area contributed by atoms with Gasteiger partial charge in [-0.2, -0.15) is 4.57 Å². The smallest absolute Gasteiger partial charge is 0.257 e. The third-order valence-corrected chi connectivity index (χ3v) is 7.99. The van der Waals surface area contributed by atoms with E-state index < -0.39 is 0 Å². The largest absolute Gasteiger partial charge is 0.449 e. The molecule has 0 atom stereocenters. The Morgan fingerprint density at radius 3 is 2.55 bits per heavy atom. The topological polar surface area (TPSA) is 13.1 Å². The number of aromatic nitrogens is 1. The second-order valence-electron chi connectivity index (χ2n) is 10.7. The van der Waals surface area contributed by atoms with Crippen molar-refractivity contribution in [1.29, 1.82) is 0 Å². The molecule has 0 amide bonds. The molecule has 1 saturated carbocycles. The summed E-state index contributed by atoms with van der Waals surface area (Å²) in [5.41, 5.74) is 9.45. The number of pyridine rings is 1. The van der Waals surface area contributed by atoms with Crippen LogP contribution in [0.15, 0.2) is 42.5 Å². The number of benzene rings is 3. The highest BCUT2D eigenvalue weighted by molar-refractivity contribution is 6.06. The number of ether oxygens (including phenoxy) is 1. The zero-order valence-corrected chi connectivity index (χ0v) is 20.6. The van der Waals surface area contributed by atoms with Gasteiger partial charge in [0.1, 0.15) is 12.8 Å². The van der Waals surface area contributed by atoms with Crippen LogP contribution in [0.2, 0.25) is 0 Å². The standard InChI is InChI=1S/C31H34NO/c1-18(2)14-21-16-23-15-19(3)20(4)27-29(23)26(17-21)33-31-28(22-10-6-7-11-22)24-12-8-9-13-25(24)32(5)30(27)31/h8-9,12-13,15-18,22H,6-7,10-11,14H2,1-5H3/q+1. The molecule has 1 aromatic heterocycles. The Morgan fingerprint density at radius 2 is 1.79 bits per heavy atom. The van der Waals surface area contributed by atoms with Crippen LogP contribution in [0.25, 0.3) is 32.9 Å². The van der Waals surface area contributed by atoms with Gasteiger partial charge in [-0.3, -0.25) is 0 Å². The van der Waals surface area contributed by atoms with Gasteiger partial charge in [0.15, 0.2) is 0 Å². The first kappa shape index (κ1) is 20.7. The molecule has 0 radical (unpaired) electrons. The molecule has 1 aliphatic carbocycles. The van der Waals surface area contributed by atoms with Crippen molar-refractivity contribution in [2.75, 3.05) is 0 Å². The lowest BCUT2D eigenvalue weighted by Crippen LogP contribution is -2.34. The fourth-order valence-electron chi connectivity index (χ4n) is 6.40. The van der Waals surface area contributed by atoms with Crippen molar-refractivity contribution in [1.82, 2.24) is 0 Å². The maximum Gasteiger partial charge on any atom is 0.257 e. The van der Waals surface area contributed by atoms with Crippen LogP contribution in [0, 0.1) is 19.8 Å². The highest BCUT2D eigenvalue weighted by Gasteiger charge is 2.37. The molecule has 0 saturated heterocycles. The van der Waals surface area contributed by atoms with Gasteiger partial charge < -0.3 is 4.74 Å². The van der Waals surface area contributed by atoms with Gasteiger partial charge in [-0.25, -0.2) is 0 Å². The molecule has 1 fully saturated rings. The molecule has 0 N–H and O–H groups in total. The molecule has 2 aliphatic rings. The molecule has 6 rings (SSSR count). The zero-order valence-electron chi connectivity index (χ0n) is 20.6. The van der Waals surface area contributed by atoms with Crippen LogP contribution in [0.5, 0.6) is 11.5 Å². The monoisotopic (exact) mass is 436 g/mol. The summed E-state index contributed by atoms with van der Waals surface area (Å²) in [6.45, 7) is 9.13. The Kier molecular flexibility index (Phi) is 4.76. The lowest BCUT2D eigenvalue weighted by molar-refractivity contribution is -0.633. The summed E-state index contributed by atoms with van der Waals surface area (Å²) in [4.78, 5) is 0. The maximum absolute atomic E-state index is 6.98. The SMILES string of the molecule is Cc1cc2cc(CC(C)C)cc3c2c(c1C)-c1c(c(C2CCCC2)c2ccccc2[n+]1C)O3. The van der Waals surface area contributed by atoms with E-state index in [1.54, 1.807) is 0 Å². The van der Waals surface area contributed by atoms with Gasteiger partial charge in [0, 0.05) is 17.0 Å². The van der Waals surface area contributed by atoms with Crippen LogP contribution in [0.4, 0.5) is 0 Å². The average Bonchev–Trinajstić information content (AvgIpc) is 3.31. The molecule has 0 bridgehead atoms. The number of nitrogens with zero attached hydrogens (tertiary/aromatic N) is 1. The first-order valence-electron chi connectivity index (χ1n) is 12.6. The predicted octanol–water partition coefficient (Wildman–Crippen LogP) is 8.06. The molecule has 1 aliphatic heterocycles. The Labute approximate surface area is 197 Å². The molecule has 2 heterocycles. The molecule has 3 aromatic carbocycles.